The van der Waals surface area contributed by atoms with Gasteiger partial charge in [-0.05, 0) is 36.4 Å². The van der Waals surface area contributed by atoms with Crippen LogP contribution in [-0.4, -0.2) is 23.8 Å². The first-order valence-electron chi connectivity index (χ1n) is 5.64. The van der Waals surface area contributed by atoms with Crippen LogP contribution in [-0.2, 0) is 4.79 Å². The van der Waals surface area contributed by atoms with E-state index in [9.17, 15) is 22.4 Å². The summed E-state index contributed by atoms with van der Waals surface area (Å²) in [7, 11) is 0. The fourth-order valence-corrected chi connectivity index (χ4v) is 2.25. The SMILES string of the molecule is CC(=O)N(CCCCl)c1ccc(SC(F)(F)F)cc1F. The van der Waals surface area contributed by atoms with Crippen molar-refractivity contribution < 1.29 is 22.4 Å². The fraction of sp³-hybridized carbons (Fsp3) is 0.417. The lowest BCUT2D eigenvalue weighted by Gasteiger charge is -2.21. The van der Waals surface area contributed by atoms with Crippen molar-refractivity contribution in [3.8, 4) is 0 Å². The number of anilines is 1. The predicted octanol–water partition coefficient (Wildman–Crippen LogP) is 4.42. The third-order valence-electron chi connectivity index (χ3n) is 2.34. The Balaban J connectivity index is 2.98. The van der Waals surface area contributed by atoms with Crippen LogP contribution in [0, 0.1) is 5.82 Å². The van der Waals surface area contributed by atoms with Crippen LogP contribution in [0.1, 0.15) is 13.3 Å². The van der Waals surface area contributed by atoms with Crippen molar-refractivity contribution in [2.24, 2.45) is 0 Å². The Bertz CT molecular complexity index is 481. The molecule has 0 aromatic heterocycles. The summed E-state index contributed by atoms with van der Waals surface area (Å²) in [6.45, 7) is 1.47. The van der Waals surface area contributed by atoms with Gasteiger partial charge in [0.15, 0.2) is 0 Å². The number of benzene rings is 1. The summed E-state index contributed by atoms with van der Waals surface area (Å²) in [4.78, 5) is 12.3. The molecule has 0 atom stereocenters. The second kappa shape index (κ2) is 7.17. The van der Waals surface area contributed by atoms with Crippen LogP contribution in [0.15, 0.2) is 23.1 Å². The molecule has 0 N–H and O–H groups in total. The number of carbonyl (C=O) groups is 1. The number of carbonyl (C=O) groups excluding carboxylic acids is 1. The van der Waals surface area contributed by atoms with Crippen molar-refractivity contribution in [3.05, 3.63) is 24.0 Å². The van der Waals surface area contributed by atoms with Crippen molar-refractivity contribution in [2.45, 2.75) is 23.7 Å². The first kappa shape index (κ1) is 17.1. The zero-order chi connectivity index (χ0) is 15.3. The predicted molar refractivity (Wildman–Crippen MR) is 71.7 cm³/mol. The van der Waals surface area contributed by atoms with E-state index in [0.717, 1.165) is 17.0 Å². The monoisotopic (exact) mass is 329 g/mol. The third kappa shape index (κ3) is 5.20. The lowest BCUT2D eigenvalue weighted by Crippen LogP contribution is -2.30. The van der Waals surface area contributed by atoms with E-state index in [1.54, 1.807) is 0 Å². The number of nitrogens with zero attached hydrogens (tertiary/aromatic N) is 1. The Kier molecular flexibility index (Phi) is 6.13. The minimum atomic E-state index is -4.48. The Morgan fingerprint density at radius 3 is 2.50 bits per heavy atom. The van der Waals surface area contributed by atoms with Crippen LogP contribution >= 0.6 is 23.4 Å². The molecule has 0 saturated carbocycles. The topological polar surface area (TPSA) is 20.3 Å². The van der Waals surface area contributed by atoms with Crippen LogP contribution in [0.4, 0.5) is 23.2 Å². The zero-order valence-corrected chi connectivity index (χ0v) is 12.1. The molecule has 2 nitrogen and oxygen atoms in total. The third-order valence-corrected chi connectivity index (χ3v) is 3.33. The second-order valence-corrected chi connectivity index (χ2v) is 5.39. The molecule has 20 heavy (non-hydrogen) atoms. The highest BCUT2D eigenvalue weighted by Crippen LogP contribution is 2.38. The standard InChI is InChI=1S/C12H12ClF4NOS/c1-8(19)18(6-2-5-13)11-4-3-9(7-10(11)14)20-12(15,16)17/h3-4,7H,2,5-6H2,1H3. The van der Waals surface area contributed by atoms with Crippen LogP contribution < -0.4 is 4.90 Å². The summed E-state index contributed by atoms with van der Waals surface area (Å²) < 4.78 is 50.4. The van der Waals surface area contributed by atoms with Gasteiger partial charge < -0.3 is 4.90 Å². The van der Waals surface area contributed by atoms with E-state index in [0.29, 0.717) is 12.3 Å². The number of rotatable bonds is 5. The lowest BCUT2D eigenvalue weighted by molar-refractivity contribution is -0.116. The van der Waals surface area contributed by atoms with E-state index in [1.165, 1.54) is 13.0 Å². The number of amides is 1. The fourth-order valence-electron chi connectivity index (χ4n) is 1.57. The second-order valence-electron chi connectivity index (χ2n) is 3.87. The van der Waals surface area contributed by atoms with E-state index < -0.39 is 29.0 Å². The highest BCUT2D eigenvalue weighted by Gasteiger charge is 2.29. The number of alkyl halides is 4. The molecule has 0 spiro atoms. The van der Waals surface area contributed by atoms with Gasteiger partial charge in [0, 0.05) is 24.2 Å². The molecule has 8 heteroatoms. The minimum absolute atomic E-state index is 0.0471. The van der Waals surface area contributed by atoms with Crippen molar-refractivity contribution in [1.29, 1.82) is 0 Å². The van der Waals surface area contributed by atoms with Crippen molar-refractivity contribution in [3.63, 3.8) is 0 Å². The summed E-state index contributed by atoms with van der Waals surface area (Å²) >= 11 is 5.11. The Morgan fingerprint density at radius 1 is 1.40 bits per heavy atom. The lowest BCUT2D eigenvalue weighted by atomic mass is 10.2. The summed E-state index contributed by atoms with van der Waals surface area (Å²) in [5, 5.41) is 0. The summed E-state index contributed by atoms with van der Waals surface area (Å²) in [6.07, 6.45) is 0.458. The molecule has 1 amide bonds. The maximum absolute atomic E-state index is 13.9. The molecule has 0 fully saturated rings. The molecular formula is C12H12ClF4NOS. The van der Waals surface area contributed by atoms with E-state index in [4.69, 9.17) is 11.6 Å². The van der Waals surface area contributed by atoms with Crippen molar-refractivity contribution >= 4 is 35.0 Å². The van der Waals surface area contributed by atoms with Crippen molar-refractivity contribution in [2.75, 3.05) is 17.3 Å². The van der Waals surface area contributed by atoms with Gasteiger partial charge in [-0.1, -0.05) is 0 Å². The Labute approximate surface area is 123 Å². The molecule has 0 heterocycles. The quantitative estimate of drug-likeness (QED) is 0.453. The molecule has 0 unspecified atom stereocenters. The van der Waals surface area contributed by atoms with Gasteiger partial charge in [0.1, 0.15) is 5.82 Å². The van der Waals surface area contributed by atoms with Gasteiger partial charge in [0.05, 0.1) is 5.69 Å². The van der Waals surface area contributed by atoms with Gasteiger partial charge >= 0.3 is 5.51 Å². The summed E-state index contributed by atoms with van der Waals surface area (Å²) in [5.74, 6) is -0.970. The van der Waals surface area contributed by atoms with Crippen LogP contribution in [0.5, 0.6) is 0 Å². The van der Waals surface area contributed by atoms with Gasteiger partial charge in [-0.3, -0.25) is 4.79 Å². The van der Waals surface area contributed by atoms with Gasteiger partial charge in [-0.15, -0.1) is 11.6 Å². The molecule has 0 saturated heterocycles. The molecule has 0 aliphatic rings. The Morgan fingerprint density at radius 2 is 2.05 bits per heavy atom. The largest absolute Gasteiger partial charge is 0.446 e. The highest BCUT2D eigenvalue weighted by molar-refractivity contribution is 8.00. The minimum Gasteiger partial charge on any atom is -0.310 e. The molecule has 112 valence electrons. The number of hydrogen-bond acceptors (Lipinski definition) is 2. The average Bonchev–Trinajstić information content (AvgIpc) is 2.29. The van der Waals surface area contributed by atoms with Gasteiger partial charge in [-0.25, -0.2) is 4.39 Å². The van der Waals surface area contributed by atoms with Gasteiger partial charge in [0.25, 0.3) is 0 Å². The van der Waals surface area contributed by atoms with Crippen molar-refractivity contribution in [1.82, 2.24) is 0 Å². The van der Waals surface area contributed by atoms with E-state index >= 15 is 0 Å². The molecule has 0 bridgehead atoms. The number of hydrogen-bond donors (Lipinski definition) is 0. The zero-order valence-electron chi connectivity index (χ0n) is 10.5. The molecule has 1 aromatic carbocycles. The molecule has 0 radical (unpaired) electrons. The summed E-state index contributed by atoms with van der Waals surface area (Å²) in [6, 6.07) is 3.07. The van der Waals surface area contributed by atoms with Crippen LogP contribution in [0.2, 0.25) is 0 Å². The van der Waals surface area contributed by atoms with E-state index in [2.05, 4.69) is 0 Å². The molecule has 1 aromatic rings. The van der Waals surface area contributed by atoms with E-state index in [-0.39, 0.29) is 17.1 Å². The smallest absolute Gasteiger partial charge is 0.310 e. The maximum Gasteiger partial charge on any atom is 0.446 e. The highest BCUT2D eigenvalue weighted by atomic mass is 35.5. The molecular weight excluding hydrogens is 318 g/mol. The molecule has 0 aliphatic heterocycles. The average molecular weight is 330 g/mol. The summed E-state index contributed by atoms with van der Waals surface area (Å²) in [5.41, 5.74) is -4.53. The molecule has 1 rings (SSSR count). The van der Waals surface area contributed by atoms with Gasteiger partial charge in [-0.2, -0.15) is 13.2 Å². The first-order valence-corrected chi connectivity index (χ1v) is 6.99. The maximum atomic E-state index is 13.9. The van der Waals surface area contributed by atoms with Gasteiger partial charge in [0.2, 0.25) is 5.91 Å². The Hall–Kier alpha value is -0.950. The van der Waals surface area contributed by atoms with E-state index in [1.807, 2.05) is 0 Å². The number of halogens is 5. The molecule has 0 aliphatic carbocycles. The van der Waals surface area contributed by atoms with Crippen LogP contribution in [0.25, 0.3) is 0 Å². The van der Waals surface area contributed by atoms with Crippen LogP contribution in [0.3, 0.4) is 0 Å². The normalized spacial score (nSPS) is 11.5. The first-order chi connectivity index (χ1) is 9.24. The number of thioether (sulfide) groups is 1.